The fourth-order valence-corrected chi connectivity index (χ4v) is 3.34. The normalized spacial score (nSPS) is 15.2. The number of nitrogens with one attached hydrogen (secondary N) is 1. The maximum atomic E-state index is 5.97. The number of piperazine rings is 1. The van der Waals surface area contributed by atoms with Crippen molar-refractivity contribution in [2.75, 3.05) is 46.4 Å². The predicted molar refractivity (Wildman–Crippen MR) is 122 cm³/mol. The lowest BCUT2D eigenvalue weighted by molar-refractivity contribution is 0.168. The van der Waals surface area contributed by atoms with Crippen LogP contribution in [0.15, 0.2) is 40.0 Å². The summed E-state index contributed by atoms with van der Waals surface area (Å²) in [4.78, 5) is 9.09. The molecule has 0 unspecified atom stereocenters. The summed E-state index contributed by atoms with van der Waals surface area (Å²) in [6, 6.07) is 8.13. The third-order valence-electron chi connectivity index (χ3n) is 4.80. The van der Waals surface area contributed by atoms with E-state index in [0.717, 1.165) is 56.7 Å². The number of para-hydroxylation sites is 1. The molecular formula is C20H30IN5O2. The number of aromatic nitrogens is 1. The smallest absolute Gasteiger partial charge is 0.193 e. The molecule has 0 radical (unpaired) electrons. The van der Waals surface area contributed by atoms with Crippen molar-refractivity contribution >= 4 is 29.9 Å². The van der Waals surface area contributed by atoms with Gasteiger partial charge in [0.15, 0.2) is 5.96 Å². The second kappa shape index (κ2) is 11.3. The van der Waals surface area contributed by atoms with Crippen molar-refractivity contribution in [2.24, 2.45) is 4.99 Å². The number of benzene rings is 1. The number of aryl methyl sites for hydroxylation is 2. The molecule has 28 heavy (non-hydrogen) atoms. The summed E-state index contributed by atoms with van der Waals surface area (Å²) >= 11 is 0. The average Bonchev–Trinajstić information content (AvgIpc) is 3.18. The Bertz CT molecular complexity index is 723. The van der Waals surface area contributed by atoms with E-state index in [4.69, 9.17) is 9.26 Å². The third kappa shape index (κ3) is 6.10. The van der Waals surface area contributed by atoms with Gasteiger partial charge in [0.05, 0.1) is 12.2 Å². The van der Waals surface area contributed by atoms with Gasteiger partial charge in [-0.05, 0) is 25.0 Å². The summed E-state index contributed by atoms with van der Waals surface area (Å²) in [5.74, 6) is 1.91. The molecule has 0 spiro atoms. The Hall–Kier alpha value is -1.81. The van der Waals surface area contributed by atoms with Gasteiger partial charge in [0, 0.05) is 45.8 Å². The lowest BCUT2D eigenvalue weighted by Gasteiger charge is -2.36. The fourth-order valence-electron chi connectivity index (χ4n) is 3.34. The lowest BCUT2D eigenvalue weighted by atomic mass is 10.1. The van der Waals surface area contributed by atoms with E-state index in [1.165, 1.54) is 11.1 Å². The van der Waals surface area contributed by atoms with Gasteiger partial charge in [0.2, 0.25) is 0 Å². The molecule has 0 amide bonds. The molecule has 1 fully saturated rings. The Kier molecular flexibility index (Phi) is 9.04. The number of hydrogen-bond donors (Lipinski definition) is 1. The first-order chi connectivity index (χ1) is 13.2. The zero-order valence-electron chi connectivity index (χ0n) is 16.9. The highest BCUT2D eigenvalue weighted by atomic mass is 127. The lowest BCUT2D eigenvalue weighted by Crippen LogP contribution is -2.52. The van der Waals surface area contributed by atoms with Gasteiger partial charge in [0.25, 0.3) is 0 Å². The molecule has 1 aliphatic rings. The van der Waals surface area contributed by atoms with Crippen molar-refractivity contribution in [1.82, 2.24) is 20.3 Å². The summed E-state index contributed by atoms with van der Waals surface area (Å²) in [7, 11) is 1.83. The van der Waals surface area contributed by atoms with Gasteiger partial charge in [-0.15, -0.1) is 24.0 Å². The minimum atomic E-state index is 0. The number of rotatable bonds is 6. The number of hydrogen-bond acceptors (Lipinski definition) is 5. The van der Waals surface area contributed by atoms with Crippen LogP contribution in [0.2, 0.25) is 0 Å². The molecule has 1 aromatic heterocycles. The Morgan fingerprint density at radius 2 is 1.89 bits per heavy atom. The molecule has 1 aromatic carbocycles. The molecular weight excluding hydrogens is 469 g/mol. The maximum Gasteiger partial charge on any atom is 0.193 e. The molecule has 0 saturated carbocycles. The Morgan fingerprint density at radius 3 is 2.50 bits per heavy atom. The molecule has 0 atom stereocenters. The van der Waals surface area contributed by atoms with Gasteiger partial charge in [0.1, 0.15) is 18.6 Å². The third-order valence-corrected chi connectivity index (χ3v) is 4.80. The zero-order chi connectivity index (χ0) is 19.1. The molecule has 2 aromatic rings. The fraction of sp³-hybridized carbons (Fsp3) is 0.500. The van der Waals surface area contributed by atoms with E-state index >= 15 is 0 Å². The Balaban J connectivity index is 0.00000280. The van der Waals surface area contributed by atoms with Crippen LogP contribution in [0.3, 0.4) is 0 Å². The van der Waals surface area contributed by atoms with Crippen LogP contribution in [-0.4, -0.2) is 67.3 Å². The Morgan fingerprint density at radius 1 is 1.18 bits per heavy atom. The average molecular weight is 499 g/mol. The van der Waals surface area contributed by atoms with Crippen molar-refractivity contribution < 1.29 is 9.26 Å². The predicted octanol–water partition coefficient (Wildman–Crippen LogP) is 2.68. The number of aliphatic imine (C=N–C) groups is 1. The summed E-state index contributed by atoms with van der Waals surface area (Å²) in [6.45, 7) is 10.2. The van der Waals surface area contributed by atoms with Crippen LogP contribution in [0.1, 0.15) is 16.8 Å². The van der Waals surface area contributed by atoms with Gasteiger partial charge >= 0.3 is 0 Å². The molecule has 2 heterocycles. The second-order valence-electron chi connectivity index (χ2n) is 6.80. The Labute approximate surface area is 184 Å². The number of nitrogens with zero attached hydrogens (tertiary/aromatic N) is 4. The van der Waals surface area contributed by atoms with Crippen molar-refractivity contribution in [3.8, 4) is 5.75 Å². The van der Waals surface area contributed by atoms with Crippen LogP contribution in [0.4, 0.5) is 0 Å². The van der Waals surface area contributed by atoms with E-state index in [1.54, 1.807) is 6.26 Å². The molecule has 1 saturated heterocycles. The van der Waals surface area contributed by atoms with Gasteiger partial charge in [-0.3, -0.25) is 9.89 Å². The summed E-state index contributed by atoms with van der Waals surface area (Å²) in [5.41, 5.74) is 3.32. The SMILES string of the molecule is CN=C(NCCOc1c(C)cccc1C)N1CCN(Cc2ccon2)CC1.I. The van der Waals surface area contributed by atoms with E-state index in [0.29, 0.717) is 6.61 Å². The standard InChI is InChI=1S/C20H29N5O2.HI/c1-16-5-4-6-17(2)19(16)26-14-8-22-20(21-3)25-11-9-24(10-12-25)15-18-7-13-27-23-18;/h4-7,13H,8-12,14-15H2,1-3H3,(H,21,22);1H. The van der Waals surface area contributed by atoms with Crippen LogP contribution in [0.5, 0.6) is 5.75 Å². The molecule has 1 aliphatic heterocycles. The molecule has 154 valence electrons. The van der Waals surface area contributed by atoms with Crippen molar-refractivity contribution in [3.63, 3.8) is 0 Å². The largest absolute Gasteiger partial charge is 0.491 e. The van der Waals surface area contributed by atoms with Gasteiger partial charge < -0.3 is 19.5 Å². The maximum absolute atomic E-state index is 5.97. The minimum Gasteiger partial charge on any atom is -0.491 e. The van der Waals surface area contributed by atoms with Gasteiger partial charge in [-0.1, -0.05) is 23.4 Å². The topological polar surface area (TPSA) is 66.1 Å². The summed E-state index contributed by atoms with van der Waals surface area (Å²) in [5, 5.41) is 7.40. The van der Waals surface area contributed by atoms with Crippen molar-refractivity contribution in [3.05, 3.63) is 47.3 Å². The first-order valence-electron chi connectivity index (χ1n) is 9.43. The highest BCUT2D eigenvalue weighted by molar-refractivity contribution is 14.0. The molecule has 0 aliphatic carbocycles. The zero-order valence-corrected chi connectivity index (χ0v) is 19.2. The highest BCUT2D eigenvalue weighted by Crippen LogP contribution is 2.21. The van der Waals surface area contributed by atoms with E-state index in [2.05, 4.69) is 57.3 Å². The molecule has 0 bridgehead atoms. The van der Waals surface area contributed by atoms with Gasteiger partial charge in [-0.2, -0.15) is 0 Å². The highest BCUT2D eigenvalue weighted by Gasteiger charge is 2.20. The van der Waals surface area contributed by atoms with Crippen molar-refractivity contribution in [1.29, 1.82) is 0 Å². The van der Waals surface area contributed by atoms with Crippen LogP contribution < -0.4 is 10.1 Å². The van der Waals surface area contributed by atoms with E-state index < -0.39 is 0 Å². The van der Waals surface area contributed by atoms with E-state index in [-0.39, 0.29) is 24.0 Å². The molecule has 7 nitrogen and oxygen atoms in total. The monoisotopic (exact) mass is 499 g/mol. The van der Waals surface area contributed by atoms with Gasteiger partial charge in [-0.25, -0.2) is 0 Å². The number of halogens is 1. The second-order valence-corrected chi connectivity index (χ2v) is 6.80. The quantitative estimate of drug-likeness (QED) is 0.286. The van der Waals surface area contributed by atoms with E-state index in [1.807, 2.05) is 13.1 Å². The minimum absolute atomic E-state index is 0. The molecule has 1 N–H and O–H groups in total. The number of ether oxygens (including phenoxy) is 1. The summed E-state index contributed by atoms with van der Waals surface area (Å²) in [6.07, 6.45) is 1.62. The van der Waals surface area contributed by atoms with E-state index in [9.17, 15) is 0 Å². The van der Waals surface area contributed by atoms with Crippen LogP contribution >= 0.6 is 24.0 Å². The first-order valence-corrected chi connectivity index (χ1v) is 9.43. The first kappa shape index (κ1) is 22.5. The number of guanidine groups is 1. The van der Waals surface area contributed by atoms with Crippen molar-refractivity contribution in [2.45, 2.75) is 20.4 Å². The molecule has 8 heteroatoms. The molecule has 3 rings (SSSR count). The van der Waals surface area contributed by atoms with Crippen LogP contribution in [-0.2, 0) is 6.54 Å². The van der Waals surface area contributed by atoms with Crippen LogP contribution in [0.25, 0.3) is 0 Å². The summed E-state index contributed by atoms with van der Waals surface area (Å²) < 4.78 is 10.9. The van der Waals surface area contributed by atoms with Crippen LogP contribution in [0, 0.1) is 13.8 Å².